The summed E-state index contributed by atoms with van der Waals surface area (Å²) in [6.45, 7) is 19.0. The van der Waals surface area contributed by atoms with Crippen LogP contribution in [-0.2, 0) is 24.1 Å². The van der Waals surface area contributed by atoms with Crippen LogP contribution in [0.15, 0.2) is 67.0 Å². The van der Waals surface area contributed by atoms with Crippen LogP contribution >= 0.6 is 0 Å². The summed E-state index contributed by atoms with van der Waals surface area (Å²) >= 11 is 0. The Kier molecular flexibility index (Phi) is 12.8. The molecule has 0 amide bonds. The molecule has 4 nitrogen and oxygen atoms in total. The third-order valence-corrected chi connectivity index (χ3v) is 5.29. The van der Waals surface area contributed by atoms with Crippen LogP contribution in [0.2, 0.25) is 0 Å². The number of benzene rings is 1. The normalized spacial score (nSPS) is 11.4. The number of hydrogen-bond acceptors (Lipinski definition) is 4. The first-order valence-electron chi connectivity index (χ1n) is 13.1. The second-order valence-corrected chi connectivity index (χ2v) is 13.0. The van der Waals surface area contributed by atoms with E-state index in [1.807, 2.05) is 51.4 Å². The molecule has 3 rings (SSSR count). The van der Waals surface area contributed by atoms with Gasteiger partial charge in [0, 0.05) is 36.0 Å². The SMILES string of the molecule is CC(C)(C)C(=O)Cc1ccc(F)cc1.CC(C)(C)Cc1ccccn1.COc1ccc(CC(C)(C)C)cn1. The molecule has 0 saturated carbocycles. The zero-order valence-electron chi connectivity index (χ0n) is 25.1. The van der Waals surface area contributed by atoms with Crippen molar-refractivity contribution in [3.8, 4) is 5.88 Å². The van der Waals surface area contributed by atoms with Gasteiger partial charge in [0.1, 0.15) is 11.6 Å². The highest BCUT2D eigenvalue weighted by atomic mass is 19.1. The van der Waals surface area contributed by atoms with Crippen LogP contribution in [0.5, 0.6) is 5.88 Å². The van der Waals surface area contributed by atoms with E-state index >= 15 is 0 Å². The molecule has 208 valence electrons. The fourth-order valence-electron chi connectivity index (χ4n) is 3.35. The first-order valence-corrected chi connectivity index (χ1v) is 13.1. The number of pyridine rings is 2. The van der Waals surface area contributed by atoms with E-state index in [9.17, 15) is 9.18 Å². The molecule has 0 aliphatic rings. The van der Waals surface area contributed by atoms with Crippen LogP contribution in [0.4, 0.5) is 4.39 Å². The molecule has 1 aromatic carbocycles. The predicted molar refractivity (Wildman–Crippen MR) is 156 cm³/mol. The highest BCUT2D eigenvalue weighted by Gasteiger charge is 2.20. The average Bonchev–Trinajstić information content (AvgIpc) is 2.80. The van der Waals surface area contributed by atoms with E-state index in [2.05, 4.69) is 63.6 Å². The van der Waals surface area contributed by atoms with E-state index in [1.165, 1.54) is 23.4 Å². The molecule has 3 aromatic rings. The Morgan fingerprint density at radius 2 is 1.34 bits per heavy atom. The van der Waals surface area contributed by atoms with Crippen molar-refractivity contribution in [2.75, 3.05) is 7.11 Å². The molecule has 0 aliphatic carbocycles. The van der Waals surface area contributed by atoms with Crippen LogP contribution in [0.1, 0.15) is 79.1 Å². The summed E-state index contributed by atoms with van der Waals surface area (Å²) in [5.74, 6) is 0.582. The van der Waals surface area contributed by atoms with E-state index in [0.717, 1.165) is 18.4 Å². The van der Waals surface area contributed by atoms with E-state index in [1.54, 1.807) is 19.2 Å². The number of rotatable bonds is 5. The van der Waals surface area contributed by atoms with Gasteiger partial charge in [-0.1, -0.05) is 86.6 Å². The Bertz CT molecular complexity index is 1070. The first kappa shape index (κ1) is 32.9. The number of ether oxygens (including phenoxy) is 1. The fraction of sp³-hybridized carbons (Fsp3) is 0.485. The second-order valence-electron chi connectivity index (χ2n) is 13.0. The molecule has 5 heteroatoms. The summed E-state index contributed by atoms with van der Waals surface area (Å²) in [4.78, 5) is 20.0. The molecular formula is C33H47FN2O2. The lowest BCUT2D eigenvalue weighted by Crippen LogP contribution is -2.21. The molecule has 2 aromatic heterocycles. The van der Waals surface area contributed by atoms with Gasteiger partial charge in [-0.3, -0.25) is 9.78 Å². The monoisotopic (exact) mass is 522 g/mol. The maximum atomic E-state index is 12.6. The molecule has 0 N–H and O–H groups in total. The molecule has 2 heterocycles. The Morgan fingerprint density at radius 1 is 0.763 bits per heavy atom. The van der Waals surface area contributed by atoms with E-state index in [0.29, 0.717) is 23.1 Å². The molecule has 0 saturated heterocycles. The Labute approximate surface area is 230 Å². The van der Waals surface area contributed by atoms with E-state index < -0.39 is 0 Å². The number of methoxy groups -OCH3 is 1. The fourth-order valence-corrected chi connectivity index (χ4v) is 3.35. The summed E-state index contributed by atoms with van der Waals surface area (Å²) in [5, 5.41) is 0. The molecule has 0 spiro atoms. The molecule has 38 heavy (non-hydrogen) atoms. The van der Waals surface area contributed by atoms with Gasteiger partial charge < -0.3 is 4.74 Å². The van der Waals surface area contributed by atoms with Crippen LogP contribution in [0, 0.1) is 22.1 Å². The third kappa shape index (κ3) is 15.2. The Morgan fingerprint density at radius 3 is 1.76 bits per heavy atom. The molecule has 0 atom stereocenters. The Balaban J connectivity index is 0.000000287. The van der Waals surface area contributed by atoms with Crippen molar-refractivity contribution in [3.05, 3.63) is 89.6 Å². The van der Waals surface area contributed by atoms with Crippen molar-refractivity contribution in [1.29, 1.82) is 0 Å². The number of nitrogens with zero attached hydrogens (tertiary/aromatic N) is 2. The van der Waals surface area contributed by atoms with Gasteiger partial charge in [-0.05, 0) is 59.1 Å². The topological polar surface area (TPSA) is 52.1 Å². The highest BCUT2D eigenvalue weighted by molar-refractivity contribution is 5.85. The van der Waals surface area contributed by atoms with Gasteiger partial charge in [0.25, 0.3) is 0 Å². The van der Waals surface area contributed by atoms with Crippen LogP contribution in [-0.4, -0.2) is 22.9 Å². The molecule has 0 bridgehead atoms. The predicted octanol–water partition coefficient (Wildman–Crippen LogP) is 8.33. The number of halogens is 1. The lowest BCUT2D eigenvalue weighted by molar-refractivity contribution is -0.125. The molecular weight excluding hydrogens is 475 g/mol. The largest absolute Gasteiger partial charge is 0.481 e. The number of aromatic nitrogens is 2. The smallest absolute Gasteiger partial charge is 0.212 e. The standard InChI is InChI=1S/C12H15FO.C11H17NO.C10H15N/c1-12(2,3)11(14)8-9-4-6-10(13)7-5-9;1-11(2,3)7-9-5-6-10(13-4)12-8-9;1-10(2,3)8-9-6-4-5-7-11-9/h4-7H,8H2,1-3H3;5-6,8H,7H2,1-4H3;4-7H,8H2,1-3H3. The van der Waals surface area contributed by atoms with E-state index in [-0.39, 0.29) is 17.0 Å². The maximum absolute atomic E-state index is 12.6. The third-order valence-electron chi connectivity index (χ3n) is 5.29. The van der Waals surface area contributed by atoms with Crippen molar-refractivity contribution in [2.24, 2.45) is 16.2 Å². The minimum absolute atomic E-state index is 0.170. The van der Waals surface area contributed by atoms with Gasteiger partial charge >= 0.3 is 0 Å². The lowest BCUT2D eigenvalue weighted by atomic mass is 9.87. The van der Waals surface area contributed by atoms with Gasteiger partial charge in [-0.25, -0.2) is 9.37 Å². The second kappa shape index (κ2) is 14.8. The zero-order chi connectivity index (χ0) is 29.0. The summed E-state index contributed by atoms with van der Waals surface area (Å²) in [6.07, 6.45) is 6.20. The number of hydrogen-bond donors (Lipinski definition) is 0. The number of carbonyl (C=O) groups excluding carboxylic acids is 1. The lowest BCUT2D eigenvalue weighted by Gasteiger charge is -2.17. The molecule has 0 unspecified atom stereocenters. The molecule has 0 radical (unpaired) electrons. The summed E-state index contributed by atoms with van der Waals surface area (Å²) in [7, 11) is 1.63. The van der Waals surface area contributed by atoms with Crippen molar-refractivity contribution in [1.82, 2.24) is 9.97 Å². The summed E-state index contributed by atoms with van der Waals surface area (Å²) in [5.41, 5.74) is 3.64. The van der Waals surface area contributed by atoms with Crippen LogP contribution < -0.4 is 4.74 Å². The minimum Gasteiger partial charge on any atom is -0.481 e. The van der Waals surface area contributed by atoms with Gasteiger partial charge in [0.15, 0.2) is 0 Å². The first-order chi connectivity index (χ1) is 17.5. The van der Waals surface area contributed by atoms with Crippen molar-refractivity contribution >= 4 is 5.78 Å². The summed E-state index contributed by atoms with van der Waals surface area (Å²) in [6, 6.07) is 16.1. The highest BCUT2D eigenvalue weighted by Crippen LogP contribution is 2.21. The van der Waals surface area contributed by atoms with Crippen molar-refractivity contribution < 1.29 is 13.9 Å². The van der Waals surface area contributed by atoms with Crippen molar-refractivity contribution in [3.63, 3.8) is 0 Å². The number of carbonyl (C=O) groups is 1. The Hall–Kier alpha value is -3.08. The quantitative estimate of drug-likeness (QED) is 0.338. The molecule has 0 fully saturated rings. The van der Waals surface area contributed by atoms with Gasteiger partial charge in [0.05, 0.1) is 7.11 Å². The van der Waals surface area contributed by atoms with Gasteiger partial charge in [0.2, 0.25) is 5.88 Å². The average molecular weight is 523 g/mol. The maximum Gasteiger partial charge on any atom is 0.212 e. The minimum atomic E-state index is -0.325. The van der Waals surface area contributed by atoms with Gasteiger partial charge in [-0.2, -0.15) is 0 Å². The van der Waals surface area contributed by atoms with E-state index in [4.69, 9.17) is 4.74 Å². The number of ketones is 1. The zero-order valence-corrected chi connectivity index (χ0v) is 25.1. The molecule has 0 aliphatic heterocycles. The number of Topliss-reactive ketones (excluding diaryl/α,β-unsaturated/α-hetero) is 1. The summed E-state index contributed by atoms with van der Waals surface area (Å²) < 4.78 is 17.6. The van der Waals surface area contributed by atoms with Crippen LogP contribution in [0.3, 0.4) is 0 Å². The van der Waals surface area contributed by atoms with Crippen LogP contribution in [0.25, 0.3) is 0 Å². The van der Waals surface area contributed by atoms with Gasteiger partial charge in [-0.15, -0.1) is 0 Å². The van der Waals surface area contributed by atoms with Crippen molar-refractivity contribution in [2.45, 2.75) is 81.6 Å².